The predicted octanol–water partition coefficient (Wildman–Crippen LogP) is 2.47. The summed E-state index contributed by atoms with van der Waals surface area (Å²) in [7, 11) is 0. The van der Waals surface area contributed by atoms with E-state index in [4.69, 9.17) is 11.6 Å². The molecule has 1 heterocycles. The van der Waals surface area contributed by atoms with Crippen LogP contribution in [0.4, 0.5) is 5.69 Å². The SMILES string of the molecule is CSC(C)CNc1c(Cl)cnn(CC2CC2)c1=O. The number of halogens is 1. The van der Waals surface area contributed by atoms with Crippen molar-refractivity contribution in [3.8, 4) is 0 Å². The van der Waals surface area contributed by atoms with E-state index in [2.05, 4.69) is 17.3 Å². The molecule has 0 saturated heterocycles. The van der Waals surface area contributed by atoms with Gasteiger partial charge in [-0.1, -0.05) is 18.5 Å². The fraction of sp³-hybridized carbons (Fsp3) is 0.667. The third-order valence-corrected chi connectivity index (χ3v) is 4.35. The summed E-state index contributed by atoms with van der Waals surface area (Å²) in [4.78, 5) is 12.2. The second-order valence-corrected chi connectivity index (χ2v) is 6.41. The van der Waals surface area contributed by atoms with Gasteiger partial charge >= 0.3 is 0 Å². The Bertz CT molecular complexity index is 473. The first-order valence-electron chi connectivity index (χ1n) is 6.14. The molecule has 2 rings (SSSR count). The molecule has 1 aromatic rings. The first-order valence-corrected chi connectivity index (χ1v) is 7.80. The summed E-state index contributed by atoms with van der Waals surface area (Å²) in [5.41, 5.74) is 0.371. The van der Waals surface area contributed by atoms with Gasteiger partial charge in [0.05, 0.1) is 11.2 Å². The van der Waals surface area contributed by atoms with Crippen molar-refractivity contribution in [1.82, 2.24) is 9.78 Å². The van der Waals surface area contributed by atoms with Crippen molar-refractivity contribution < 1.29 is 0 Å². The first-order chi connectivity index (χ1) is 8.61. The Kier molecular flexibility index (Phi) is 4.56. The molecule has 6 heteroatoms. The van der Waals surface area contributed by atoms with Gasteiger partial charge in [0, 0.05) is 18.3 Å². The Morgan fingerprint density at radius 3 is 3.00 bits per heavy atom. The lowest BCUT2D eigenvalue weighted by molar-refractivity contribution is 0.534. The van der Waals surface area contributed by atoms with Crippen molar-refractivity contribution in [2.75, 3.05) is 18.1 Å². The molecule has 4 nitrogen and oxygen atoms in total. The number of nitrogens with one attached hydrogen (secondary N) is 1. The van der Waals surface area contributed by atoms with Crippen LogP contribution in [0.25, 0.3) is 0 Å². The Labute approximate surface area is 116 Å². The van der Waals surface area contributed by atoms with E-state index in [0.29, 0.717) is 28.4 Å². The van der Waals surface area contributed by atoms with Gasteiger partial charge in [-0.2, -0.15) is 16.9 Å². The van der Waals surface area contributed by atoms with Gasteiger partial charge in [-0.15, -0.1) is 0 Å². The number of rotatable bonds is 6. The first kappa shape index (κ1) is 13.7. The zero-order chi connectivity index (χ0) is 13.1. The number of aromatic nitrogens is 2. The Balaban J connectivity index is 2.13. The summed E-state index contributed by atoms with van der Waals surface area (Å²) in [6, 6.07) is 0. The standard InChI is InChI=1S/C12H18ClN3OS/c1-8(18-2)5-14-11-10(13)6-15-16(12(11)17)7-9-3-4-9/h6,8-9,14H,3-5,7H2,1-2H3. The van der Waals surface area contributed by atoms with Crippen LogP contribution in [0, 0.1) is 5.92 Å². The van der Waals surface area contributed by atoms with Crippen LogP contribution in [0.15, 0.2) is 11.0 Å². The molecular formula is C12H18ClN3OS. The molecule has 0 aromatic carbocycles. The van der Waals surface area contributed by atoms with Crippen molar-refractivity contribution in [2.24, 2.45) is 5.92 Å². The molecule has 0 radical (unpaired) electrons. The number of nitrogens with zero attached hydrogens (tertiary/aromatic N) is 2. The van der Waals surface area contributed by atoms with E-state index in [-0.39, 0.29) is 5.56 Å². The molecule has 1 N–H and O–H groups in total. The van der Waals surface area contributed by atoms with Gasteiger partial charge < -0.3 is 5.32 Å². The summed E-state index contributed by atoms with van der Waals surface area (Å²) in [5.74, 6) is 0.620. The van der Waals surface area contributed by atoms with Gasteiger partial charge in [-0.05, 0) is 25.0 Å². The maximum atomic E-state index is 12.2. The Morgan fingerprint density at radius 2 is 2.39 bits per heavy atom. The van der Waals surface area contributed by atoms with E-state index in [1.165, 1.54) is 17.5 Å². The maximum Gasteiger partial charge on any atom is 0.291 e. The third-order valence-electron chi connectivity index (χ3n) is 3.09. The van der Waals surface area contributed by atoms with E-state index in [9.17, 15) is 4.79 Å². The lowest BCUT2D eigenvalue weighted by Gasteiger charge is -2.13. The normalized spacial score (nSPS) is 16.6. The molecule has 1 fully saturated rings. The van der Waals surface area contributed by atoms with Crippen LogP contribution < -0.4 is 10.9 Å². The largest absolute Gasteiger partial charge is 0.378 e. The van der Waals surface area contributed by atoms with E-state index in [1.54, 1.807) is 18.0 Å². The number of thioether (sulfide) groups is 1. The molecule has 0 aliphatic heterocycles. The van der Waals surface area contributed by atoms with Gasteiger partial charge in [-0.25, -0.2) is 4.68 Å². The minimum absolute atomic E-state index is 0.109. The molecule has 0 amide bonds. The molecule has 1 aromatic heterocycles. The molecule has 1 unspecified atom stereocenters. The van der Waals surface area contributed by atoms with Crippen LogP contribution in [0.1, 0.15) is 19.8 Å². The number of anilines is 1. The third kappa shape index (κ3) is 3.42. The van der Waals surface area contributed by atoms with Crippen LogP contribution in [0.5, 0.6) is 0 Å². The van der Waals surface area contributed by atoms with Crippen LogP contribution in [0.3, 0.4) is 0 Å². The monoisotopic (exact) mass is 287 g/mol. The highest BCUT2D eigenvalue weighted by atomic mass is 35.5. The number of hydrogen-bond donors (Lipinski definition) is 1. The lowest BCUT2D eigenvalue weighted by Crippen LogP contribution is -2.28. The van der Waals surface area contributed by atoms with Crippen LogP contribution in [-0.4, -0.2) is 27.8 Å². The molecule has 0 bridgehead atoms. The molecule has 1 atom stereocenters. The van der Waals surface area contributed by atoms with Crippen molar-refractivity contribution >= 4 is 29.1 Å². The average Bonchev–Trinajstić information content (AvgIpc) is 3.16. The van der Waals surface area contributed by atoms with Crippen molar-refractivity contribution in [3.05, 3.63) is 21.6 Å². The predicted molar refractivity (Wildman–Crippen MR) is 77.7 cm³/mol. The fourth-order valence-corrected chi connectivity index (χ4v) is 2.07. The average molecular weight is 288 g/mol. The fourth-order valence-electron chi connectivity index (χ4n) is 1.63. The highest BCUT2D eigenvalue weighted by Gasteiger charge is 2.23. The topological polar surface area (TPSA) is 46.9 Å². The van der Waals surface area contributed by atoms with E-state index in [1.807, 2.05) is 6.26 Å². The highest BCUT2D eigenvalue weighted by Crippen LogP contribution is 2.30. The lowest BCUT2D eigenvalue weighted by atomic mass is 10.4. The van der Waals surface area contributed by atoms with Crippen molar-refractivity contribution in [2.45, 2.75) is 31.6 Å². The van der Waals surface area contributed by atoms with Crippen LogP contribution in [0.2, 0.25) is 5.02 Å². The zero-order valence-corrected chi connectivity index (χ0v) is 12.2. The summed E-state index contributed by atoms with van der Waals surface area (Å²) in [5, 5.41) is 8.07. The van der Waals surface area contributed by atoms with E-state index < -0.39 is 0 Å². The summed E-state index contributed by atoms with van der Waals surface area (Å²) >= 11 is 7.79. The highest BCUT2D eigenvalue weighted by molar-refractivity contribution is 7.99. The quantitative estimate of drug-likeness (QED) is 0.873. The summed E-state index contributed by atoms with van der Waals surface area (Å²) in [6.45, 7) is 3.54. The number of hydrogen-bond acceptors (Lipinski definition) is 4. The molecule has 1 saturated carbocycles. The van der Waals surface area contributed by atoms with Gasteiger partial charge in [0.25, 0.3) is 5.56 Å². The van der Waals surface area contributed by atoms with Gasteiger partial charge in [-0.3, -0.25) is 4.79 Å². The van der Waals surface area contributed by atoms with E-state index in [0.717, 1.165) is 6.54 Å². The molecule has 18 heavy (non-hydrogen) atoms. The smallest absolute Gasteiger partial charge is 0.291 e. The van der Waals surface area contributed by atoms with Crippen molar-refractivity contribution in [1.29, 1.82) is 0 Å². The zero-order valence-electron chi connectivity index (χ0n) is 10.6. The molecule has 0 spiro atoms. The van der Waals surface area contributed by atoms with Gasteiger partial charge in [0.15, 0.2) is 0 Å². The molecule has 1 aliphatic carbocycles. The minimum atomic E-state index is -0.109. The van der Waals surface area contributed by atoms with Crippen molar-refractivity contribution in [3.63, 3.8) is 0 Å². The second kappa shape index (κ2) is 5.97. The summed E-state index contributed by atoms with van der Waals surface area (Å²) in [6.07, 6.45) is 6.00. The van der Waals surface area contributed by atoms with E-state index >= 15 is 0 Å². The van der Waals surface area contributed by atoms with Crippen LogP contribution in [-0.2, 0) is 6.54 Å². The van der Waals surface area contributed by atoms with Gasteiger partial charge in [0.2, 0.25) is 0 Å². The van der Waals surface area contributed by atoms with Gasteiger partial charge in [0.1, 0.15) is 5.69 Å². The van der Waals surface area contributed by atoms with Crippen LogP contribution >= 0.6 is 23.4 Å². The Hall–Kier alpha value is -0.680. The molecular weight excluding hydrogens is 270 g/mol. The maximum absolute atomic E-state index is 12.2. The summed E-state index contributed by atoms with van der Waals surface area (Å²) < 4.78 is 1.52. The Morgan fingerprint density at radius 1 is 1.67 bits per heavy atom. The minimum Gasteiger partial charge on any atom is -0.378 e. The molecule has 1 aliphatic rings. The molecule has 100 valence electrons. The second-order valence-electron chi connectivity index (χ2n) is 4.73.